The number of imidazole rings is 1. The highest BCUT2D eigenvalue weighted by Gasteiger charge is 2.35. The zero-order valence-corrected chi connectivity index (χ0v) is 17.6. The number of likely N-dealkylation sites (tertiary alicyclic amines) is 1. The van der Waals surface area contributed by atoms with Crippen molar-refractivity contribution in [1.29, 1.82) is 0 Å². The standard InChI is InChI=1S/C23H29N5O2/c1-15-13-27(16(2)17-6-4-3-5-7-17)14-19(15)21-25-23(29)20-12-24-22(28(20)26-21)18-8-10-30-11-9-18/h3-7,12,15-16,18-19H,8-11,13-14H2,1-2H3,(H,25,26,29). The molecule has 0 saturated carbocycles. The van der Waals surface area contributed by atoms with Crippen LogP contribution in [0.3, 0.4) is 0 Å². The molecule has 2 aromatic heterocycles. The van der Waals surface area contributed by atoms with Crippen LogP contribution in [-0.4, -0.2) is 50.8 Å². The zero-order chi connectivity index (χ0) is 20.7. The van der Waals surface area contributed by atoms with E-state index in [1.54, 1.807) is 10.7 Å². The molecule has 3 unspecified atom stereocenters. The van der Waals surface area contributed by atoms with Gasteiger partial charge in [0.05, 0.1) is 6.20 Å². The second kappa shape index (κ2) is 7.96. The summed E-state index contributed by atoms with van der Waals surface area (Å²) in [6.45, 7) is 7.85. The molecule has 2 fully saturated rings. The van der Waals surface area contributed by atoms with Crippen molar-refractivity contribution in [1.82, 2.24) is 24.5 Å². The van der Waals surface area contributed by atoms with Crippen molar-refractivity contribution >= 4 is 5.52 Å². The Morgan fingerprint density at radius 2 is 1.93 bits per heavy atom. The number of H-pyrrole nitrogens is 1. The summed E-state index contributed by atoms with van der Waals surface area (Å²) in [6.07, 6.45) is 3.50. The van der Waals surface area contributed by atoms with Crippen LogP contribution < -0.4 is 5.56 Å². The molecule has 7 heteroatoms. The Morgan fingerprint density at radius 3 is 2.70 bits per heavy atom. The van der Waals surface area contributed by atoms with Gasteiger partial charge in [-0.2, -0.15) is 5.10 Å². The number of hydrogen-bond acceptors (Lipinski definition) is 5. The minimum Gasteiger partial charge on any atom is -0.381 e. The first-order chi connectivity index (χ1) is 14.6. The molecule has 0 spiro atoms. The molecule has 3 atom stereocenters. The zero-order valence-electron chi connectivity index (χ0n) is 17.6. The summed E-state index contributed by atoms with van der Waals surface area (Å²) in [6, 6.07) is 10.9. The van der Waals surface area contributed by atoms with Gasteiger partial charge in [-0.1, -0.05) is 37.3 Å². The number of aromatic amines is 1. The Kier molecular flexibility index (Phi) is 5.16. The maximum atomic E-state index is 12.8. The fraction of sp³-hybridized carbons (Fsp3) is 0.522. The van der Waals surface area contributed by atoms with E-state index in [1.807, 2.05) is 0 Å². The summed E-state index contributed by atoms with van der Waals surface area (Å²) in [5, 5.41) is 4.90. The van der Waals surface area contributed by atoms with Crippen LogP contribution in [0.25, 0.3) is 5.52 Å². The summed E-state index contributed by atoms with van der Waals surface area (Å²) in [5.74, 6) is 2.55. The molecule has 2 saturated heterocycles. The molecule has 30 heavy (non-hydrogen) atoms. The van der Waals surface area contributed by atoms with Crippen molar-refractivity contribution in [3.05, 3.63) is 64.1 Å². The lowest BCUT2D eigenvalue weighted by atomic mass is 9.97. The molecule has 2 aliphatic rings. The lowest BCUT2D eigenvalue weighted by Gasteiger charge is -2.24. The topological polar surface area (TPSA) is 75.5 Å². The Labute approximate surface area is 176 Å². The number of ether oxygens (including phenoxy) is 1. The number of rotatable bonds is 4. The van der Waals surface area contributed by atoms with Gasteiger partial charge in [0.25, 0.3) is 5.56 Å². The van der Waals surface area contributed by atoms with Crippen LogP contribution in [0.4, 0.5) is 0 Å². The molecule has 0 radical (unpaired) electrons. The van der Waals surface area contributed by atoms with Gasteiger partial charge in [-0.3, -0.25) is 9.69 Å². The van der Waals surface area contributed by atoms with E-state index in [-0.39, 0.29) is 11.5 Å². The monoisotopic (exact) mass is 407 g/mol. The molecular formula is C23H29N5O2. The molecular weight excluding hydrogens is 378 g/mol. The first kappa shape index (κ1) is 19.5. The molecule has 0 aliphatic carbocycles. The maximum absolute atomic E-state index is 12.8. The molecule has 0 bridgehead atoms. The van der Waals surface area contributed by atoms with E-state index in [2.05, 4.69) is 59.0 Å². The van der Waals surface area contributed by atoms with Crippen molar-refractivity contribution in [2.75, 3.05) is 26.3 Å². The third-order valence-corrected chi connectivity index (χ3v) is 6.85. The lowest BCUT2D eigenvalue weighted by molar-refractivity contribution is 0.0832. The molecule has 7 nitrogen and oxygen atoms in total. The normalized spacial score (nSPS) is 24.5. The average Bonchev–Trinajstić information content (AvgIpc) is 3.38. The van der Waals surface area contributed by atoms with Crippen LogP contribution in [0.1, 0.15) is 61.8 Å². The second-order valence-electron chi connectivity index (χ2n) is 8.76. The summed E-state index contributed by atoms with van der Waals surface area (Å²) in [5.41, 5.74) is 1.74. The number of nitrogens with zero attached hydrogens (tertiary/aromatic N) is 4. The largest absolute Gasteiger partial charge is 0.381 e. The van der Waals surface area contributed by atoms with E-state index < -0.39 is 0 Å². The summed E-state index contributed by atoms with van der Waals surface area (Å²) >= 11 is 0. The van der Waals surface area contributed by atoms with Gasteiger partial charge in [-0.05, 0) is 31.2 Å². The Bertz CT molecular complexity index is 1070. The fourth-order valence-electron chi connectivity index (χ4n) is 4.95. The molecule has 1 N–H and O–H groups in total. The third kappa shape index (κ3) is 3.46. The fourth-order valence-corrected chi connectivity index (χ4v) is 4.95. The van der Waals surface area contributed by atoms with Gasteiger partial charge < -0.3 is 9.72 Å². The number of benzene rings is 1. The van der Waals surface area contributed by atoms with Crippen LogP contribution in [0, 0.1) is 5.92 Å². The predicted octanol–water partition coefficient (Wildman–Crippen LogP) is 3.11. The van der Waals surface area contributed by atoms with E-state index in [1.165, 1.54) is 5.56 Å². The first-order valence-corrected chi connectivity index (χ1v) is 11.0. The number of hydrogen-bond donors (Lipinski definition) is 1. The summed E-state index contributed by atoms with van der Waals surface area (Å²) in [7, 11) is 0. The molecule has 3 aromatic rings. The van der Waals surface area contributed by atoms with Crippen LogP contribution in [0.15, 0.2) is 41.3 Å². The van der Waals surface area contributed by atoms with Crippen LogP contribution in [0.5, 0.6) is 0 Å². The first-order valence-electron chi connectivity index (χ1n) is 11.0. The molecule has 0 amide bonds. The van der Waals surface area contributed by atoms with E-state index in [4.69, 9.17) is 9.84 Å². The van der Waals surface area contributed by atoms with E-state index in [0.29, 0.717) is 23.4 Å². The molecule has 5 rings (SSSR count). The van der Waals surface area contributed by atoms with E-state index in [0.717, 1.165) is 50.8 Å². The van der Waals surface area contributed by atoms with E-state index >= 15 is 0 Å². The Morgan fingerprint density at radius 1 is 1.17 bits per heavy atom. The smallest absolute Gasteiger partial charge is 0.276 e. The molecule has 2 aliphatic heterocycles. The Hall–Kier alpha value is -2.51. The van der Waals surface area contributed by atoms with Crippen molar-refractivity contribution < 1.29 is 4.74 Å². The summed E-state index contributed by atoms with van der Waals surface area (Å²) < 4.78 is 7.28. The van der Waals surface area contributed by atoms with Gasteiger partial charge >= 0.3 is 0 Å². The Balaban J connectivity index is 1.45. The molecule has 158 valence electrons. The van der Waals surface area contributed by atoms with Gasteiger partial charge in [0.15, 0.2) is 5.52 Å². The van der Waals surface area contributed by atoms with Gasteiger partial charge in [0.2, 0.25) is 0 Å². The van der Waals surface area contributed by atoms with Crippen molar-refractivity contribution in [2.24, 2.45) is 5.92 Å². The highest BCUT2D eigenvalue weighted by atomic mass is 16.5. The van der Waals surface area contributed by atoms with Crippen molar-refractivity contribution in [2.45, 2.75) is 44.6 Å². The number of aromatic nitrogens is 4. The number of fused-ring (bicyclic) bond motifs is 1. The van der Waals surface area contributed by atoms with Gasteiger partial charge in [0.1, 0.15) is 11.6 Å². The number of nitrogens with one attached hydrogen (secondary N) is 1. The minimum atomic E-state index is -0.104. The SMILES string of the molecule is CC1CN(C(C)c2ccccc2)CC1c1nn2c(C3CCOCC3)ncc2c(=O)[nH]1. The van der Waals surface area contributed by atoms with Crippen molar-refractivity contribution in [3.63, 3.8) is 0 Å². The predicted molar refractivity (Wildman–Crippen MR) is 115 cm³/mol. The van der Waals surface area contributed by atoms with Gasteiger partial charge in [-0.15, -0.1) is 0 Å². The quantitative estimate of drug-likeness (QED) is 0.719. The second-order valence-corrected chi connectivity index (χ2v) is 8.76. The van der Waals surface area contributed by atoms with Gasteiger partial charge in [0, 0.05) is 44.2 Å². The average molecular weight is 408 g/mol. The van der Waals surface area contributed by atoms with E-state index in [9.17, 15) is 4.79 Å². The lowest BCUT2D eigenvalue weighted by Crippen LogP contribution is -2.26. The van der Waals surface area contributed by atoms with Gasteiger partial charge in [-0.25, -0.2) is 9.50 Å². The van der Waals surface area contributed by atoms with Crippen LogP contribution in [-0.2, 0) is 4.74 Å². The van der Waals surface area contributed by atoms with Crippen LogP contribution >= 0.6 is 0 Å². The minimum absolute atomic E-state index is 0.104. The van der Waals surface area contributed by atoms with Crippen LogP contribution in [0.2, 0.25) is 0 Å². The van der Waals surface area contributed by atoms with Crippen molar-refractivity contribution in [3.8, 4) is 0 Å². The maximum Gasteiger partial charge on any atom is 0.276 e. The molecule has 1 aromatic carbocycles. The highest BCUT2D eigenvalue weighted by molar-refractivity contribution is 5.42. The summed E-state index contributed by atoms with van der Waals surface area (Å²) in [4.78, 5) is 22.9. The third-order valence-electron chi connectivity index (χ3n) is 6.85. The molecule has 4 heterocycles. The highest BCUT2D eigenvalue weighted by Crippen LogP contribution is 2.35.